The second kappa shape index (κ2) is 9.74. The number of likely N-dealkylation sites (N-methyl/N-ethyl adjacent to an activating group) is 1. The molecule has 2 rings (SSSR count). The first kappa shape index (κ1) is 20.5. The Morgan fingerprint density at radius 2 is 1.86 bits per heavy atom. The molecule has 0 atom stereocenters. The van der Waals surface area contributed by atoms with E-state index in [9.17, 15) is 14.4 Å². The Balaban J connectivity index is 1.91. The van der Waals surface area contributed by atoms with E-state index in [0.29, 0.717) is 16.8 Å². The van der Waals surface area contributed by atoms with Gasteiger partial charge in [0, 0.05) is 37.0 Å². The van der Waals surface area contributed by atoms with E-state index in [4.69, 9.17) is 6.42 Å². The van der Waals surface area contributed by atoms with E-state index in [-0.39, 0.29) is 24.3 Å². The van der Waals surface area contributed by atoms with Gasteiger partial charge < -0.3 is 15.5 Å². The van der Waals surface area contributed by atoms with Crippen LogP contribution in [0.4, 0.5) is 5.69 Å². The number of benzene rings is 2. The summed E-state index contributed by atoms with van der Waals surface area (Å²) in [6.45, 7) is -0.0982. The molecule has 0 spiro atoms. The summed E-state index contributed by atoms with van der Waals surface area (Å²) in [5, 5.41) is 5.25. The van der Waals surface area contributed by atoms with Crippen LogP contribution in [0.5, 0.6) is 0 Å². The Hall–Kier alpha value is -3.85. The molecule has 2 aromatic carbocycles. The zero-order valence-electron chi connectivity index (χ0n) is 15.7. The summed E-state index contributed by atoms with van der Waals surface area (Å²) in [7, 11) is 3.10. The number of rotatable bonds is 6. The summed E-state index contributed by atoms with van der Waals surface area (Å²) in [5.41, 5.74) is 2.54. The maximum Gasteiger partial charge on any atom is 0.251 e. The Morgan fingerprint density at radius 1 is 1.14 bits per heavy atom. The van der Waals surface area contributed by atoms with Crippen molar-refractivity contribution in [2.45, 2.75) is 0 Å². The molecule has 6 heteroatoms. The van der Waals surface area contributed by atoms with E-state index in [0.717, 1.165) is 5.56 Å². The average molecular weight is 375 g/mol. The van der Waals surface area contributed by atoms with E-state index in [1.807, 2.05) is 0 Å². The predicted molar refractivity (Wildman–Crippen MR) is 110 cm³/mol. The van der Waals surface area contributed by atoms with Gasteiger partial charge in [-0.05, 0) is 42.0 Å². The molecule has 0 unspecified atom stereocenters. The largest absolute Gasteiger partial charge is 0.355 e. The van der Waals surface area contributed by atoms with Crippen molar-refractivity contribution in [1.82, 2.24) is 10.2 Å². The Kier molecular flexibility index (Phi) is 7.12. The molecule has 0 aliphatic heterocycles. The summed E-state index contributed by atoms with van der Waals surface area (Å²) in [6, 6.07) is 13.7. The topological polar surface area (TPSA) is 78.5 Å². The molecule has 28 heavy (non-hydrogen) atoms. The number of hydrogen-bond donors (Lipinski definition) is 2. The molecule has 0 saturated heterocycles. The van der Waals surface area contributed by atoms with Crippen molar-refractivity contribution in [3.8, 4) is 12.3 Å². The number of nitrogens with zero attached hydrogens (tertiary/aromatic N) is 1. The molecule has 142 valence electrons. The molecule has 0 radical (unpaired) electrons. The van der Waals surface area contributed by atoms with Gasteiger partial charge in [-0.25, -0.2) is 0 Å². The third-order valence-electron chi connectivity index (χ3n) is 3.89. The van der Waals surface area contributed by atoms with Gasteiger partial charge in [-0.15, -0.1) is 6.42 Å². The fraction of sp³-hybridized carbons (Fsp3) is 0.136. The Bertz CT molecular complexity index is 940. The molecule has 6 nitrogen and oxygen atoms in total. The van der Waals surface area contributed by atoms with Gasteiger partial charge in [0.25, 0.3) is 5.91 Å². The molecule has 2 N–H and O–H groups in total. The van der Waals surface area contributed by atoms with Crippen LogP contribution < -0.4 is 10.6 Å². The fourth-order valence-corrected chi connectivity index (χ4v) is 2.37. The molecule has 0 saturated carbocycles. The lowest BCUT2D eigenvalue weighted by molar-refractivity contribution is -0.129. The van der Waals surface area contributed by atoms with E-state index < -0.39 is 0 Å². The second-order valence-corrected chi connectivity index (χ2v) is 6.00. The van der Waals surface area contributed by atoms with Crippen LogP contribution in [0.2, 0.25) is 0 Å². The van der Waals surface area contributed by atoms with Gasteiger partial charge in [0.15, 0.2) is 0 Å². The molecule has 0 bridgehead atoms. The van der Waals surface area contributed by atoms with Gasteiger partial charge in [0.2, 0.25) is 11.8 Å². The SMILES string of the molecule is C#Cc1cccc(NC(=O)CN(C)C(=O)/C=C/c2ccc(C(=O)NC)cc2)c1. The predicted octanol–water partition coefficient (Wildman–Crippen LogP) is 2.14. The van der Waals surface area contributed by atoms with Crippen LogP contribution in [-0.2, 0) is 9.59 Å². The summed E-state index contributed by atoms with van der Waals surface area (Å²) < 4.78 is 0. The number of nitrogens with one attached hydrogen (secondary N) is 2. The normalized spacial score (nSPS) is 10.2. The molecular formula is C22H21N3O3. The van der Waals surface area contributed by atoms with Crippen LogP contribution in [0.25, 0.3) is 6.08 Å². The zero-order chi connectivity index (χ0) is 20.5. The smallest absolute Gasteiger partial charge is 0.251 e. The molecular weight excluding hydrogens is 354 g/mol. The minimum atomic E-state index is -0.326. The lowest BCUT2D eigenvalue weighted by atomic mass is 10.1. The highest BCUT2D eigenvalue weighted by Crippen LogP contribution is 2.10. The molecule has 0 aliphatic carbocycles. The highest BCUT2D eigenvalue weighted by molar-refractivity contribution is 5.98. The van der Waals surface area contributed by atoms with E-state index in [2.05, 4.69) is 16.6 Å². The minimum Gasteiger partial charge on any atom is -0.355 e. The molecule has 3 amide bonds. The fourth-order valence-electron chi connectivity index (χ4n) is 2.37. The van der Waals surface area contributed by atoms with Crippen molar-refractivity contribution in [2.24, 2.45) is 0 Å². The van der Waals surface area contributed by atoms with Gasteiger partial charge in [0.1, 0.15) is 0 Å². The van der Waals surface area contributed by atoms with Crippen LogP contribution >= 0.6 is 0 Å². The minimum absolute atomic E-state index is 0.0982. The van der Waals surface area contributed by atoms with E-state index in [1.54, 1.807) is 68.7 Å². The Morgan fingerprint density at radius 3 is 2.50 bits per heavy atom. The number of carbonyl (C=O) groups excluding carboxylic acids is 3. The van der Waals surface area contributed by atoms with Crippen molar-refractivity contribution in [1.29, 1.82) is 0 Å². The van der Waals surface area contributed by atoms with Crippen molar-refractivity contribution < 1.29 is 14.4 Å². The standard InChI is InChI=1S/C22H21N3O3/c1-4-16-6-5-7-19(14-16)24-20(26)15-25(3)21(27)13-10-17-8-11-18(12-9-17)22(28)23-2/h1,5-14H,15H2,2-3H3,(H,23,28)(H,24,26)/b13-10+. The van der Waals surface area contributed by atoms with Gasteiger partial charge in [-0.1, -0.05) is 24.1 Å². The molecule has 0 aliphatic rings. The number of hydrogen-bond acceptors (Lipinski definition) is 3. The van der Waals surface area contributed by atoms with Crippen LogP contribution in [0.3, 0.4) is 0 Å². The summed E-state index contributed by atoms with van der Waals surface area (Å²) in [4.78, 5) is 37.1. The third kappa shape index (κ3) is 5.85. The van der Waals surface area contributed by atoms with Crippen LogP contribution in [-0.4, -0.2) is 43.3 Å². The molecule has 0 fully saturated rings. The summed E-state index contributed by atoms with van der Waals surface area (Å²) >= 11 is 0. The van der Waals surface area contributed by atoms with Crippen molar-refractivity contribution in [3.05, 3.63) is 71.3 Å². The maximum absolute atomic E-state index is 12.2. The summed E-state index contributed by atoms with van der Waals surface area (Å²) in [6.07, 6.45) is 8.34. The zero-order valence-corrected chi connectivity index (χ0v) is 15.7. The molecule has 2 aromatic rings. The van der Waals surface area contributed by atoms with Crippen LogP contribution in [0.15, 0.2) is 54.6 Å². The van der Waals surface area contributed by atoms with Gasteiger partial charge in [0.05, 0.1) is 6.54 Å². The van der Waals surface area contributed by atoms with Gasteiger partial charge in [-0.2, -0.15) is 0 Å². The monoisotopic (exact) mass is 375 g/mol. The van der Waals surface area contributed by atoms with Gasteiger partial charge >= 0.3 is 0 Å². The van der Waals surface area contributed by atoms with E-state index in [1.165, 1.54) is 11.0 Å². The molecule has 0 heterocycles. The molecule has 0 aromatic heterocycles. The first-order chi connectivity index (χ1) is 13.4. The third-order valence-corrected chi connectivity index (χ3v) is 3.89. The van der Waals surface area contributed by atoms with Crippen LogP contribution in [0.1, 0.15) is 21.5 Å². The number of amides is 3. The second-order valence-electron chi connectivity index (χ2n) is 6.00. The van der Waals surface area contributed by atoms with Gasteiger partial charge in [-0.3, -0.25) is 14.4 Å². The lowest BCUT2D eigenvalue weighted by Crippen LogP contribution is -2.33. The summed E-state index contributed by atoms with van der Waals surface area (Å²) in [5.74, 6) is 1.68. The van der Waals surface area contributed by atoms with Crippen LogP contribution in [0, 0.1) is 12.3 Å². The van der Waals surface area contributed by atoms with Crippen molar-refractivity contribution in [3.63, 3.8) is 0 Å². The Labute approximate surface area is 164 Å². The van der Waals surface area contributed by atoms with E-state index >= 15 is 0 Å². The van der Waals surface area contributed by atoms with Crippen molar-refractivity contribution >= 4 is 29.5 Å². The lowest BCUT2D eigenvalue weighted by Gasteiger charge is -2.15. The maximum atomic E-state index is 12.2. The average Bonchev–Trinajstić information content (AvgIpc) is 2.71. The first-order valence-corrected chi connectivity index (χ1v) is 8.55. The number of anilines is 1. The highest BCUT2D eigenvalue weighted by atomic mass is 16.2. The number of terminal acetylenes is 1. The highest BCUT2D eigenvalue weighted by Gasteiger charge is 2.11. The van der Waals surface area contributed by atoms with Crippen molar-refractivity contribution in [2.75, 3.05) is 26.0 Å². The first-order valence-electron chi connectivity index (χ1n) is 8.55. The number of carbonyl (C=O) groups is 3. The quantitative estimate of drug-likeness (QED) is 0.600.